The smallest absolute Gasteiger partial charge is 0.366 e. The Morgan fingerprint density at radius 1 is 1.00 bits per heavy atom. The maximum atomic E-state index is 12.6. The lowest BCUT2D eigenvalue weighted by Gasteiger charge is -2.11. The van der Waals surface area contributed by atoms with Crippen LogP contribution in [0.25, 0.3) is 11.1 Å². The molecule has 0 heterocycles. The Kier molecular flexibility index (Phi) is 3.97. The predicted octanol–water partition coefficient (Wildman–Crippen LogP) is 2.75. The fourth-order valence-corrected chi connectivity index (χ4v) is 2.72. The summed E-state index contributed by atoms with van der Waals surface area (Å²) in [5.74, 6) is -0.764. The maximum absolute atomic E-state index is 12.6. The quantitative estimate of drug-likeness (QED) is 0.940. The van der Waals surface area contributed by atoms with Crippen molar-refractivity contribution < 1.29 is 26.4 Å². The van der Waals surface area contributed by atoms with Gasteiger partial charge in [-0.1, -0.05) is 30.3 Å². The normalized spacial score (nSPS) is 12.1. The van der Waals surface area contributed by atoms with Gasteiger partial charge in [0.25, 0.3) is 9.84 Å². The number of halogens is 3. The number of carbonyl (C=O) groups is 1. The van der Waals surface area contributed by atoms with Gasteiger partial charge < -0.3 is 5.73 Å². The zero-order valence-electron chi connectivity index (χ0n) is 11.0. The summed E-state index contributed by atoms with van der Waals surface area (Å²) in [5, 5.41) is 0. The van der Waals surface area contributed by atoms with Gasteiger partial charge in [0.2, 0.25) is 5.91 Å². The van der Waals surface area contributed by atoms with Crippen molar-refractivity contribution in [2.45, 2.75) is 10.4 Å². The number of sulfone groups is 1. The van der Waals surface area contributed by atoms with Gasteiger partial charge in [0, 0.05) is 5.56 Å². The van der Waals surface area contributed by atoms with Crippen molar-refractivity contribution in [1.82, 2.24) is 0 Å². The monoisotopic (exact) mass is 329 g/mol. The molecular formula is C14H10F3NO3S. The minimum Gasteiger partial charge on any atom is -0.366 e. The molecule has 0 saturated heterocycles. The van der Waals surface area contributed by atoms with Crippen LogP contribution in [0.15, 0.2) is 53.4 Å². The molecule has 0 unspecified atom stereocenters. The van der Waals surface area contributed by atoms with Crippen LogP contribution in [-0.4, -0.2) is 19.8 Å². The van der Waals surface area contributed by atoms with Gasteiger partial charge in [-0.05, 0) is 29.3 Å². The van der Waals surface area contributed by atoms with Gasteiger partial charge in [-0.15, -0.1) is 0 Å². The third-order valence-electron chi connectivity index (χ3n) is 2.95. The van der Waals surface area contributed by atoms with E-state index >= 15 is 0 Å². The zero-order chi connectivity index (χ0) is 16.5. The van der Waals surface area contributed by atoms with Crippen LogP contribution in [0.3, 0.4) is 0 Å². The van der Waals surface area contributed by atoms with E-state index in [1.807, 2.05) is 0 Å². The summed E-state index contributed by atoms with van der Waals surface area (Å²) >= 11 is 0. The number of hydrogen-bond donors (Lipinski definition) is 1. The Labute approximate surface area is 124 Å². The second kappa shape index (κ2) is 5.45. The van der Waals surface area contributed by atoms with Crippen LogP contribution < -0.4 is 5.73 Å². The number of amides is 1. The summed E-state index contributed by atoms with van der Waals surface area (Å²) in [6.07, 6.45) is 0. The van der Waals surface area contributed by atoms with E-state index in [-0.39, 0.29) is 16.7 Å². The van der Waals surface area contributed by atoms with Crippen molar-refractivity contribution in [3.63, 3.8) is 0 Å². The lowest BCUT2D eigenvalue weighted by molar-refractivity contribution is -0.0436. The first-order chi connectivity index (χ1) is 10.1. The molecule has 1 amide bonds. The van der Waals surface area contributed by atoms with Crippen molar-refractivity contribution in [2.75, 3.05) is 0 Å². The summed E-state index contributed by atoms with van der Waals surface area (Å²) in [7, 11) is -5.46. The number of benzene rings is 2. The minimum atomic E-state index is -5.46. The standard InChI is InChI=1S/C14H10F3NO3S/c15-14(16,17)22(20,21)10-5-3-4-9(8-10)11-6-1-2-7-12(11)13(18)19/h1-8H,(H2,18,19). The summed E-state index contributed by atoms with van der Waals surface area (Å²) in [6.45, 7) is 0. The van der Waals surface area contributed by atoms with E-state index in [0.29, 0.717) is 0 Å². The Morgan fingerprint density at radius 3 is 2.23 bits per heavy atom. The van der Waals surface area contributed by atoms with Crippen LogP contribution in [-0.2, 0) is 9.84 Å². The predicted molar refractivity (Wildman–Crippen MR) is 73.6 cm³/mol. The number of alkyl halides is 3. The largest absolute Gasteiger partial charge is 0.501 e. The number of primary amides is 1. The topological polar surface area (TPSA) is 77.2 Å². The van der Waals surface area contributed by atoms with Gasteiger partial charge in [-0.2, -0.15) is 13.2 Å². The molecule has 0 saturated carbocycles. The van der Waals surface area contributed by atoms with Crippen LogP contribution in [0.4, 0.5) is 13.2 Å². The van der Waals surface area contributed by atoms with E-state index in [2.05, 4.69) is 0 Å². The van der Waals surface area contributed by atoms with Gasteiger partial charge in [0.1, 0.15) is 0 Å². The Balaban J connectivity index is 2.63. The molecule has 0 bridgehead atoms. The molecule has 22 heavy (non-hydrogen) atoms. The number of carbonyl (C=O) groups excluding carboxylic acids is 1. The highest BCUT2D eigenvalue weighted by atomic mass is 32.2. The summed E-state index contributed by atoms with van der Waals surface area (Å²) in [6, 6.07) is 10.3. The van der Waals surface area contributed by atoms with Gasteiger partial charge >= 0.3 is 5.51 Å². The van der Waals surface area contributed by atoms with Crippen molar-refractivity contribution in [2.24, 2.45) is 5.73 Å². The molecule has 0 aromatic heterocycles. The highest BCUT2D eigenvalue weighted by Crippen LogP contribution is 2.33. The average Bonchev–Trinajstić information content (AvgIpc) is 2.46. The van der Waals surface area contributed by atoms with E-state index in [9.17, 15) is 26.4 Å². The highest BCUT2D eigenvalue weighted by Gasteiger charge is 2.46. The molecule has 0 aliphatic rings. The van der Waals surface area contributed by atoms with Crippen LogP contribution in [0, 0.1) is 0 Å². The van der Waals surface area contributed by atoms with Crippen LogP contribution in [0.5, 0.6) is 0 Å². The number of rotatable bonds is 3. The molecule has 116 valence electrons. The van der Waals surface area contributed by atoms with Crippen molar-refractivity contribution in [1.29, 1.82) is 0 Å². The lowest BCUT2D eigenvalue weighted by atomic mass is 9.99. The minimum absolute atomic E-state index is 0.0871. The van der Waals surface area contributed by atoms with Crippen molar-refractivity contribution in [3.05, 3.63) is 54.1 Å². The SMILES string of the molecule is NC(=O)c1ccccc1-c1cccc(S(=O)(=O)C(F)(F)F)c1. The molecule has 0 radical (unpaired) electrons. The fraction of sp³-hybridized carbons (Fsp3) is 0.0714. The molecule has 2 rings (SSSR count). The van der Waals surface area contributed by atoms with E-state index < -0.39 is 26.1 Å². The summed E-state index contributed by atoms with van der Waals surface area (Å²) in [5.41, 5.74) is 0.312. The first-order valence-electron chi connectivity index (χ1n) is 5.95. The van der Waals surface area contributed by atoms with Crippen molar-refractivity contribution in [3.8, 4) is 11.1 Å². The molecule has 0 aliphatic carbocycles. The third kappa shape index (κ3) is 2.82. The van der Waals surface area contributed by atoms with Gasteiger partial charge in [0.15, 0.2) is 0 Å². The molecule has 0 fully saturated rings. The number of hydrogen-bond acceptors (Lipinski definition) is 3. The van der Waals surface area contributed by atoms with Crippen LogP contribution in [0.1, 0.15) is 10.4 Å². The van der Waals surface area contributed by atoms with Crippen LogP contribution in [0.2, 0.25) is 0 Å². The maximum Gasteiger partial charge on any atom is 0.501 e. The molecule has 4 nitrogen and oxygen atoms in total. The lowest BCUT2D eigenvalue weighted by Crippen LogP contribution is -2.23. The van der Waals surface area contributed by atoms with Gasteiger partial charge in [0.05, 0.1) is 4.90 Å². The first-order valence-corrected chi connectivity index (χ1v) is 7.43. The molecule has 0 spiro atoms. The molecule has 2 aromatic carbocycles. The fourth-order valence-electron chi connectivity index (χ4n) is 1.91. The summed E-state index contributed by atoms with van der Waals surface area (Å²) < 4.78 is 60.7. The zero-order valence-corrected chi connectivity index (χ0v) is 11.8. The molecular weight excluding hydrogens is 319 g/mol. The molecule has 2 aromatic rings. The van der Waals surface area contributed by atoms with Crippen LogP contribution >= 0.6 is 0 Å². The average molecular weight is 329 g/mol. The van der Waals surface area contributed by atoms with E-state index in [4.69, 9.17) is 5.73 Å². The third-order valence-corrected chi connectivity index (χ3v) is 4.44. The Morgan fingerprint density at radius 2 is 1.64 bits per heavy atom. The molecule has 8 heteroatoms. The first kappa shape index (κ1) is 16.0. The van der Waals surface area contributed by atoms with E-state index in [1.165, 1.54) is 24.3 Å². The number of nitrogens with two attached hydrogens (primary N) is 1. The molecule has 2 N–H and O–H groups in total. The van der Waals surface area contributed by atoms with Crippen molar-refractivity contribution >= 4 is 15.7 Å². The Hall–Kier alpha value is -2.35. The molecule has 0 aliphatic heterocycles. The molecule has 0 atom stereocenters. The highest BCUT2D eigenvalue weighted by molar-refractivity contribution is 7.92. The second-order valence-corrected chi connectivity index (χ2v) is 6.33. The van der Waals surface area contributed by atoms with Gasteiger partial charge in [-0.25, -0.2) is 8.42 Å². The van der Waals surface area contributed by atoms with E-state index in [0.717, 1.165) is 12.1 Å². The van der Waals surface area contributed by atoms with E-state index in [1.54, 1.807) is 12.1 Å². The Bertz CT molecular complexity index is 829. The summed E-state index contributed by atoms with van der Waals surface area (Å²) in [4.78, 5) is 10.5. The van der Waals surface area contributed by atoms with Gasteiger partial charge in [-0.3, -0.25) is 4.79 Å². The second-order valence-electron chi connectivity index (χ2n) is 4.39.